The molecule has 3 aromatic carbocycles. The van der Waals surface area contributed by atoms with Crippen molar-refractivity contribution in [2.45, 2.75) is 0 Å². The Hall–Kier alpha value is -3.16. The number of carbonyl (C=O) groups excluding carboxylic acids is 2. The summed E-state index contributed by atoms with van der Waals surface area (Å²) in [5.41, 5.74) is 0.238. The maximum atomic E-state index is 13.6. The lowest BCUT2D eigenvalue weighted by Crippen LogP contribution is -2.17. The fourth-order valence-corrected chi connectivity index (χ4v) is 2.96. The SMILES string of the molecule is COc1ccc(C(=O)Nc2cccc(F)c2Cl)cc1C(=O)Nc1cccc(F)c1Cl. The zero-order chi connectivity index (χ0) is 21.8. The van der Waals surface area contributed by atoms with Crippen LogP contribution in [0.15, 0.2) is 54.6 Å². The first-order valence-electron chi connectivity index (χ1n) is 8.50. The van der Waals surface area contributed by atoms with Gasteiger partial charge in [0.25, 0.3) is 11.8 Å². The summed E-state index contributed by atoms with van der Waals surface area (Å²) >= 11 is 11.7. The fraction of sp³-hybridized carbons (Fsp3) is 0.0476. The molecule has 0 fully saturated rings. The molecule has 0 aromatic heterocycles. The Kier molecular flexibility index (Phi) is 6.54. The van der Waals surface area contributed by atoms with Crippen LogP contribution in [0.25, 0.3) is 0 Å². The van der Waals surface area contributed by atoms with E-state index in [1.807, 2.05) is 0 Å². The van der Waals surface area contributed by atoms with Gasteiger partial charge in [0.15, 0.2) is 0 Å². The normalized spacial score (nSPS) is 10.4. The number of ether oxygens (including phenoxy) is 1. The average molecular weight is 451 g/mol. The maximum absolute atomic E-state index is 13.6. The molecular formula is C21H14Cl2F2N2O3. The Labute approximate surface area is 180 Å². The second kappa shape index (κ2) is 9.11. The molecule has 0 aliphatic carbocycles. The van der Waals surface area contributed by atoms with Gasteiger partial charge in [-0.3, -0.25) is 9.59 Å². The number of amides is 2. The lowest BCUT2D eigenvalue weighted by molar-refractivity contribution is 0.102. The van der Waals surface area contributed by atoms with Gasteiger partial charge in [0, 0.05) is 5.56 Å². The second-order valence-corrected chi connectivity index (χ2v) is 6.78. The number of benzene rings is 3. The van der Waals surface area contributed by atoms with Gasteiger partial charge in [-0.05, 0) is 42.5 Å². The van der Waals surface area contributed by atoms with Crippen molar-refractivity contribution in [2.24, 2.45) is 0 Å². The van der Waals surface area contributed by atoms with Gasteiger partial charge in [-0.1, -0.05) is 35.3 Å². The highest BCUT2D eigenvalue weighted by Crippen LogP contribution is 2.28. The number of anilines is 2. The Balaban J connectivity index is 1.89. The van der Waals surface area contributed by atoms with Crippen molar-refractivity contribution in [2.75, 3.05) is 17.7 Å². The largest absolute Gasteiger partial charge is 0.496 e. The van der Waals surface area contributed by atoms with Crippen LogP contribution >= 0.6 is 23.2 Å². The summed E-state index contributed by atoms with van der Waals surface area (Å²) in [7, 11) is 1.35. The summed E-state index contributed by atoms with van der Waals surface area (Å²) < 4.78 is 32.4. The van der Waals surface area contributed by atoms with Crippen LogP contribution in [0, 0.1) is 11.6 Å². The van der Waals surface area contributed by atoms with E-state index in [2.05, 4.69) is 10.6 Å². The van der Waals surface area contributed by atoms with E-state index in [1.54, 1.807) is 0 Å². The summed E-state index contributed by atoms with van der Waals surface area (Å²) in [6.45, 7) is 0. The van der Waals surface area contributed by atoms with Gasteiger partial charge in [-0.15, -0.1) is 0 Å². The quantitative estimate of drug-likeness (QED) is 0.517. The minimum absolute atomic E-state index is 0.0100. The van der Waals surface area contributed by atoms with E-state index in [0.29, 0.717) is 0 Å². The van der Waals surface area contributed by atoms with Crippen LogP contribution in [-0.2, 0) is 0 Å². The molecule has 0 saturated heterocycles. The summed E-state index contributed by atoms with van der Waals surface area (Å²) in [5, 5.41) is 4.48. The van der Waals surface area contributed by atoms with Gasteiger partial charge in [-0.2, -0.15) is 0 Å². The topological polar surface area (TPSA) is 67.4 Å². The van der Waals surface area contributed by atoms with Crippen LogP contribution in [-0.4, -0.2) is 18.9 Å². The summed E-state index contributed by atoms with van der Waals surface area (Å²) in [4.78, 5) is 25.3. The molecule has 5 nitrogen and oxygen atoms in total. The van der Waals surface area contributed by atoms with E-state index >= 15 is 0 Å². The number of rotatable bonds is 5. The predicted octanol–water partition coefficient (Wildman–Crippen LogP) is 5.78. The average Bonchev–Trinajstić information content (AvgIpc) is 2.74. The standard InChI is InChI=1S/C21H14Cl2F2N2O3/c1-30-17-9-8-11(20(28)26-15-6-2-4-13(24)18(15)22)10-12(17)21(29)27-16-7-3-5-14(25)19(16)23/h2-10H,1H3,(H,26,28)(H,27,29). The van der Waals surface area contributed by atoms with Gasteiger partial charge in [0.1, 0.15) is 17.4 Å². The third-order valence-electron chi connectivity index (χ3n) is 4.11. The van der Waals surface area contributed by atoms with Gasteiger partial charge in [0.05, 0.1) is 34.1 Å². The van der Waals surface area contributed by atoms with Crippen LogP contribution in [0.3, 0.4) is 0 Å². The third-order valence-corrected chi connectivity index (χ3v) is 4.87. The number of hydrogen-bond donors (Lipinski definition) is 2. The van der Waals surface area contributed by atoms with E-state index in [-0.39, 0.29) is 38.3 Å². The Morgan fingerprint density at radius 1 is 0.833 bits per heavy atom. The molecule has 0 bridgehead atoms. The van der Waals surface area contributed by atoms with Crippen LogP contribution in [0.2, 0.25) is 10.0 Å². The van der Waals surface area contributed by atoms with Crippen LogP contribution < -0.4 is 15.4 Å². The molecule has 0 heterocycles. The highest BCUT2D eigenvalue weighted by atomic mass is 35.5. The molecule has 0 spiro atoms. The van der Waals surface area contributed by atoms with E-state index in [4.69, 9.17) is 27.9 Å². The highest BCUT2D eigenvalue weighted by Gasteiger charge is 2.19. The number of hydrogen-bond acceptors (Lipinski definition) is 3. The van der Waals surface area contributed by atoms with Gasteiger partial charge in [0.2, 0.25) is 0 Å². The molecule has 3 rings (SSSR count). The summed E-state index contributed by atoms with van der Waals surface area (Å²) in [6.07, 6.45) is 0. The van der Waals surface area contributed by atoms with Crippen molar-refractivity contribution in [1.82, 2.24) is 0 Å². The molecule has 0 unspecified atom stereocenters. The van der Waals surface area contributed by atoms with Crippen molar-refractivity contribution in [1.29, 1.82) is 0 Å². The van der Waals surface area contributed by atoms with Crippen molar-refractivity contribution in [3.05, 3.63) is 87.4 Å². The second-order valence-electron chi connectivity index (χ2n) is 6.03. The molecule has 0 atom stereocenters. The molecule has 0 aliphatic rings. The van der Waals surface area contributed by atoms with Crippen molar-refractivity contribution in [3.8, 4) is 5.75 Å². The zero-order valence-electron chi connectivity index (χ0n) is 15.4. The van der Waals surface area contributed by atoms with Gasteiger partial charge >= 0.3 is 0 Å². The number of nitrogens with one attached hydrogen (secondary N) is 2. The molecule has 3 aromatic rings. The number of methoxy groups -OCH3 is 1. The van der Waals surface area contributed by atoms with Gasteiger partial charge < -0.3 is 15.4 Å². The first-order chi connectivity index (χ1) is 14.3. The highest BCUT2D eigenvalue weighted by molar-refractivity contribution is 6.34. The van der Waals surface area contributed by atoms with Crippen LogP contribution in [0.5, 0.6) is 5.75 Å². The molecule has 2 amide bonds. The molecule has 0 saturated carbocycles. The molecule has 0 radical (unpaired) electrons. The summed E-state index contributed by atoms with van der Waals surface area (Å²) in [5.74, 6) is -2.49. The number of halogens is 4. The fourth-order valence-electron chi connectivity index (χ4n) is 2.61. The minimum Gasteiger partial charge on any atom is -0.496 e. The number of carbonyl (C=O) groups is 2. The van der Waals surface area contributed by atoms with Crippen molar-refractivity contribution in [3.63, 3.8) is 0 Å². The minimum atomic E-state index is -0.693. The molecule has 154 valence electrons. The smallest absolute Gasteiger partial charge is 0.259 e. The monoisotopic (exact) mass is 450 g/mol. The molecular weight excluding hydrogens is 437 g/mol. The van der Waals surface area contributed by atoms with Gasteiger partial charge in [-0.25, -0.2) is 8.78 Å². The Morgan fingerprint density at radius 3 is 1.90 bits per heavy atom. The lowest BCUT2D eigenvalue weighted by atomic mass is 10.1. The van der Waals surface area contributed by atoms with Crippen LogP contribution in [0.4, 0.5) is 20.2 Å². The maximum Gasteiger partial charge on any atom is 0.259 e. The van der Waals surface area contributed by atoms with Crippen molar-refractivity contribution >= 4 is 46.4 Å². The third kappa shape index (κ3) is 4.53. The summed E-state index contributed by atoms with van der Waals surface area (Å²) in [6, 6.07) is 12.1. The van der Waals surface area contributed by atoms with E-state index in [1.165, 1.54) is 49.6 Å². The molecule has 0 aliphatic heterocycles. The molecule has 2 N–H and O–H groups in total. The van der Waals surface area contributed by atoms with E-state index < -0.39 is 23.4 Å². The first kappa shape index (κ1) is 21.5. The van der Waals surface area contributed by atoms with E-state index in [0.717, 1.165) is 12.1 Å². The Morgan fingerprint density at radius 2 is 1.37 bits per heavy atom. The van der Waals surface area contributed by atoms with E-state index in [9.17, 15) is 18.4 Å². The Bertz CT molecular complexity index is 1140. The van der Waals surface area contributed by atoms with Crippen LogP contribution in [0.1, 0.15) is 20.7 Å². The zero-order valence-corrected chi connectivity index (χ0v) is 16.9. The first-order valence-corrected chi connectivity index (χ1v) is 9.26. The predicted molar refractivity (Wildman–Crippen MR) is 112 cm³/mol. The van der Waals surface area contributed by atoms with Crippen molar-refractivity contribution < 1.29 is 23.1 Å². The lowest BCUT2D eigenvalue weighted by Gasteiger charge is -2.13. The molecule has 30 heavy (non-hydrogen) atoms. The molecule has 9 heteroatoms.